The average molecular weight is 2360 g/mol. The van der Waals surface area contributed by atoms with Crippen molar-refractivity contribution in [2.45, 2.75) is 189 Å². The number of Topliss-reactive ketones (excluding diaryl/α,β-unsaturated/α-hetero) is 7. The zero-order chi connectivity index (χ0) is 99.9. The van der Waals surface area contributed by atoms with E-state index < -0.39 is 121 Å². The zero-order valence-corrected chi connectivity index (χ0v) is 88.1. The molecule has 44 heteroatoms. The average Bonchev–Trinajstić information content (AvgIpc) is 1.32. The molecule has 5 aliphatic heterocycles. The Morgan fingerprint density at radius 3 is 0.809 bits per heavy atom. The predicted octanol–water partition coefficient (Wildman–Crippen LogP) is 0.337. The van der Waals surface area contributed by atoms with Crippen LogP contribution in [0.25, 0.3) is 11.5 Å². The van der Waals surface area contributed by atoms with Crippen LogP contribution in [0.15, 0.2) is 214 Å². The monoisotopic (exact) mass is 2350 g/mol. The molecule has 15 atom stereocenters. The molecule has 15 rings (SSSR count). The third-order valence-electron chi connectivity index (χ3n) is 24.1. The Morgan fingerprint density at radius 2 is 0.567 bits per heavy atom. The van der Waals surface area contributed by atoms with Crippen LogP contribution in [0.4, 0.5) is 0 Å². The summed E-state index contributed by atoms with van der Waals surface area (Å²) in [5.74, 6) is -5.82. The number of ketones is 7. The minimum atomic E-state index is -1.08. The third-order valence-corrected chi connectivity index (χ3v) is 24.1. The molecule has 5 aromatic carbocycles. The van der Waals surface area contributed by atoms with Crippen molar-refractivity contribution < 1.29 is 165 Å². The Balaban J connectivity index is 0.000000196. The number of carbonyl (C=O) groups is 16. The summed E-state index contributed by atoms with van der Waals surface area (Å²) in [6.45, 7) is 7.10. The van der Waals surface area contributed by atoms with Crippen LogP contribution >= 0.6 is 0 Å². The maximum Gasteiger partial charge on any atom is 0.243 e. The van der Waals surface area contributed by atoms with Crippen LogP contribution in [0.5, 0.6) is 0 Å². The number of H-pyrrole nitrogens is 5. The minimum Gasteiger partial charge on any atom is -0.667 e. The SMILES string of the molecule is CC(=O)C1CN(C(=O)[C@@H](N)Cc2cnc[nH]2)C(Cc2ccccc2)C(=O)N1.CC(=O)C1CN(C(=O)[C@@H](N)Cc2cnc[nH]2)C(Cc2ccccc2)C(=O)N1.CC(=O)C1CN(C(=O)[C@@H]([NH-])Cc2cnc[nH]2)C(Cc2ccccc2)C(=O)N1.CC(=O)C1CN(C(=O)[C@@H]([NH-])Cc2cnc[nH]2)C(Cc2ccccc2)C(=O)N1.CC(=O)C1CN(N[C@@H](Cc2cnc[nH]2)C(=O)C(=O)CN)C(Cc2ccccc2)C(=O)N1.[Ac].[Ac]. The molecule has 5 saturated heterocycles. The third kappa shape index (κ3) is 32.6. The molecule has 738 valence electrons. The van der Waals surface area contributed by atoms with E-state index in [2.05, 4.69) is 81.8 Å². The van der Waals surface area contributed by atoms with E-state index in [4.69, 9.17) is 28.7 Å². The summed E-state index contributed by atoms with van der Waals surface area (Å²) in [5.41, 5.74) is 45.2. The first kappa shape index (κ1) is 112. The van der Waals surface area contributed by atoms with E-state index in [1.165, 1.54) is 85.9 Å². The van der Waals surface area contributed by atoms with Crippen molar-refractivity contribution in [3.63, 3.8) is 0 Å². The first-order valence-electron chi connectivity index (χ1n) is 45.3. The number of hydrazine groups is 1. The van der Waals surface area contributed by atoms with Gasteiger partial charge in [0, 0.05) is 225 Å². The van der Waals surface area contributed by atoms with Gasteiger partial charge >= 0.3 is 0 Å². The molecular formula is C97H116Ac2N26O16-2. The van der Waals surface area contributed by atoms with Crippen molar-refractivity contribution in [2.75, 3.05) is 39.3 Å². The van der Waals surface area contributed by atoms with Gasteiger partial charge in [0.2, 0.25) is 64.7 Å². The maximum absolute atomic E-state index is 13.0. The molecule has 9 amide bonds. The maximum atomic E-state index is 13.0. The number of hydrogen-bond donors (Lipinski definition) is 14. The molecule has 10 unspecified atom stereocenters. The van der Waals surface area contributed by atoms with E-state index in [1.54, 1.807) is 36.0 Å². The van der Waals surface area contributed by atoms with Crippen LogP contribution in [0.3, 0.4) is 0 Å². The van der Waals surface area contributed by atoms with Crippen LogP contribution in [0, 0.1) is 88.1 Å². The molecule has 5 aromatic heterocycles. The molecule has 19 N–H and O–H groups in total. The summed E-state index contributed by atoms with van der Waals surface area (Å²) < 4.78 is 0. The molecule has 10 aromatic rings. The van der Waals surface area contributed by atoms with Gasteiger partial charge in [0.25, 0.3) is 0 Å². The normalized spacial score (nSPS) is 20.4. The second kappa shape index (κ2) is 55.2. The number of amides is 9. The van der Waals surface area contributed by atoms with Gasteiger partial charge in [-0.05, 0) is 81.7 Å². The Morgan fingerprint density at radius 1 is 0.340 bits per heavy atom. The smallest absolute Gasteiger partial charge is 0.243 e. The molecule has 0 spiro atoms. The van der Waals surface area contributed by atoms with Crippen LogP contribution in [0.1, 0.15) is 90.9 Å². The van der Waals surface area contributed by atoms with Crippen LogP contribution < -0.4 is 49.2 Å². The summed E-state index contributed by atoms with van der Waals surface area (Å²) in [4.78, 5) is 239. The van der Waals surface area contributed by atoms with Gasteiger partial charge in [0.1, 0.15) is 60.4 Å². The summed E-state index contributed by atoms with van der Waals surface area (Å²) in [6, 6.07) is 35.1. The van der Waals surface area contributed by atoms with Crippen LogP contribution in [0.2, 0.25) is 0 Å². The first-order chi connectivity index (χ1) is 66.7. The standard InChI is InChI=1S/C21H26N6O4.2C19H23N5O3.2C19H22N5O3.2Ac/c1-13(28)17-11-27(18(21(31)25-17)7-14-5-3-2-4-6-14)26-16(20(30)19(29)9-22)8-15-10-23-12-24-15;4*1-12(25)16-10-24(19(27)15(20)8-14-9-21-11-22-14)17(18(26)23-16)7-13-5-3-2-4-6-13;;/h2-6,10,12,16-18,26H,7-9,11,22H2,1H3,(H,23,24)(H,25,31);2*2-6,9,11,15-17H,7-8,10,20H2,1H3,(H,21,22)(H,23,26);2*2-6,9,11,15-17,20H,7-8,10H2,1H3,(H,21,22)(H,23,26);;/q;;;2*-1;;/t16-,17?,18?;4*15-,16?,17?;;/m00000../s1. The Bertz CT molecular complexity index is 5250. The number of nitrogens with two attached hydrogens (primary N) is 3. The Hall–Kier alpha value is -12.3. The van der Waals surface area contributed by atoms with Gasteiger partial charge in [-0.3, -0.25) is 76.7 Å². The summed E-state index contributed by atoms with van der Waals surface area (Å²) in [6.07, 6.45) is 18.2. The molecule has 5 fully saturated rings. The van der Waals surface area contributed by atoms with E-state index in [0.29, 0.717) is 49.2 Å². The van der Waals surface area contributed by atoms with Gasteiger partial charge in [-0.2, -0.15) is 0 Å². The number of piperazine rings is 5. The van der Waals surface area contributed by atoms with Gasteiger partial charge in [-0.15, -0.1) is 0 Å². The number of benzene rings is 5. The number of rotatable bonds is 34. The van der Waals surface area contributed by atoms with Crippen molar-refractivity contribution in [1.82, 2.24) is 106 Å². The van der Waals surface area contributed by atoms with E-state index in [1.807, 2.05) is 152 Å². The number of carbonyl (C=O) groups excluding carboxylic acids is 16. The number of hydrogen-bond acceptors (Lipinski definition) is 26. The van der Waals surface area contributed by atoms with Crippen molar-refractivity contribution in [3.05, 3.63) is 282 Å². The predicted molar refractivity (Wildman–Crippen MR) is 506 cm³/mol. The molecule has 0 aliphatic carbocycles. The number of nitrogens with one attached hydrogen (secondary N) is 13. The molecule has 0 saturated carbocycles. The van der Waals surface area contributed by atoms with Gasteiger partial charge in [0.05, 0.1) is 56.3 Å². The van der Waals surface area contributed by atoms with Crippen molar-refractivity contribution >= 4 is 93.6 Å². The fourth-order valence-electron chi connectivity index (χ4n) is 16.3. The number of imidazole rings is 5. The summed E-state index contributed by atoms with van der Waals surface area (Å²) in [7, 11) is 0. The molecule has 0 bridgehead atoms. The molecule has 5 aliphatic rings. The topological polar surface area (TPSA) is 631 Å². The Kier molecular flexibility index (Phi) is 43.9. The molecule has 141 heavy (non-hydrogen) atoms. The van der Waals surface area contributed by atoms with E-state index >= 15 is 0 Å². The number of aromatic amines is 5. The zero-order valence-electron chi connectivity index (χ0n) is 78.6. The molecular weight excluding hydrogens is 2240 g/mol. The van der Waals surface area contributed by atoms with Crippen LogP contribution in [-0.4, -0.2) is 298 Å². The minimum absolute atomic E-state index is 0. The number of nitrogens with zero attached hydrogens (tertiary/aromatic N) is 10. The van der Waals surface area contributed by atoms with Crippen LogP contribution in [-0.2, 0) is 141 Å². The van der Waals surface area contributed by atoms with E-state index in [0.717, 1.165) is 39.2 Å². The van der Waals surface area contributed by atoms with Crippen molar-refractivity contribution in [2.24, 2.45) is 17.2 Å². The second-order valence-electron chi connectivity index (χ2n) is 34.4. The fourth-order valence-corrected chi connectivity index (χ4v) is 16.3. The molecule has 2 radical (unpaired) electrons. The van der Waals surface area contributed by atoms with Crippen molar-refractivity contribution in [3.8, 4) is 0 Å². The van der Waals surface area contributed by atoms with Gasteiger partial charge < -0.3 is 99.8 Å². The Labute approximate surface area is 885 Å². The molecule has 10 heterocycles. The summed E-state index contributed by atoms with van der Waals surface area (Å²) in [5, 5.41) is 15.1. The first-order valence-corrected chi connectivity index (χ1v) is 45.3. The number of aromatic nitrogens is 10. The second-order valence-corrected chi connectivity index (χ2v) is 34.4. The van der Waals surface area contributed by atoms with E-state index in [9.17, 15) is 76.7 Å². The quantitative estimate of drug-likeness (QED) is 0.0242. The molecule has 42 nitrogen and oxygen atoms in total. The van der Waals surface area contributed by atoms with Gasteiger partial charge in [0.15, 0.2) is 28.9 Å². The van der Waals surface area contributed by atoms with Gasteiger partial charge in [-0.1, -0.05) is 164 Å². The van der Waals surface area contributed by atoms with E-state index in [-0.39, 0.29) is 223 Å². The van der Waals surface area contributed by atoms with Gasteiger partial charge in [-0.25, -0.2) is 35.4 Å². The fraction of sp³-hybridized carbons (Fsp3) is 0.371. The van der Waals surface area contributed by atoms with Crippen molar-refractivity contribution in [1.29, 1.82) is 0 Å². The largest absolute Gasteiger partial charge is 0.667 e. The summed E-state index contributed by atoms with van der Waals surface area (Å²) >= 11 is 0.